The molecule has 1 saturated heterocycles. The molecule has 5 heteroatoms. The Morgan fingerprint density at radius 2 is 1.91 bits per heavy atom. The number of hydrogen-bond acceptors (Lipinski definition) is 3. The van der Waals surface area contributed by atoms with Gasteiger partial charge in [0.1, 0.15) is 5.82 Å². The van der Waals surface area contributed by atoms with Crippen molar-refractivity contribution in [3.8, 4) is 0 Å². The van der Waals surface area contributed by atoms with Crippen LogP contribution in [-0.2, 0) is 4.74 Å². The van der Waals surface area contributed by atoms with Crippen LogP contribution in [0.15, 0.2) is 24.3 Å². The first-order chi connectivity index (χ1) is 10.6. The van der Waals surface area contributed by atoms with Crippen molar-refractivity contribution in [3.63, 3.8) is 0 Å². The fraction of sp³-hybridized carbons (Fsp3) is 0.588. The average Bonchev–Trinajstić information content (AvgIpc) is 2.52. The summed E-state index contributed by atoms with van der Waals surface area (Å²) in [7, 11) is 0. The zero-order chi connectivity index (χ0) is 15.9. The van der Waals surface area contributed by atoms with Gasteiger partial charge in [0.2, 0.25) is 0 Å². The van der Waals surface area contributed by atoms with E-state index in [0.717, 1.165) is 32.7 Å². The molecule has 0 aromatic heterocycles. The molecule has 1 aromatic carbocycles. The van der Waals surface area contributed by atoms with Gasteiger partial charge in [-0.1, -0.05) is 13.8 Å². The predicted molar refractivity (Wildman–Crippen MR) is 84.4 cm³/mol. The molecule has 1 amide bonds. The van der Waals surface area contributed by atoms with Gasteiger partial charge in [-0.3, -0.25) is 9.69 Å². The summed E-state index contributed by atoms with van der Waals surface area (Å²) in [5.41, 5.74) is 0.492. The van der Waals surface area contributed by atoms with E-state index in [1.54, 1.807) is 0 Å². The number of ether oxygens (including phenoxy) is 1. The first kappa shape index (κ1) is 16.9. The molecule has 1 heterocycles. The lowest BCUT2D eigenvalue weighted by molar-refractivity contribution is 0.0124. The van der Waals surface area contributed by atoms with E-state index in [4.69, 9.17) is 4.74 Å². The Bertz CT molecular complexity index is 470. The van der Waals surface area contributed by atoms with E-state index in [9.17, 15) is 9.18 Å². The number of carbonyl (C=O) groups excluding carboxylic acids is 1. The summed E-state index contributed by atoms with van der Waals surface area (Å²) in [4.78, 5) is 14.5. The molecule has 0 spiro atoms. The van der Waals surface area contributed by atoms with Crippen molar-refractivity contribution in [2.75, 3.05) is 32.8 Å². The number of hydrogen-bond donors (Lipinski definition) is 1. The highest BCUT2D eigenvalue weighted by atomic mass is 19.1. The fourth-order valence-electron chi connectivity index (χ4n) is 2.76. The lowest BCUT2D eigenvalue weighted by Crippen LogP contribution is -2.49. The monoisotopic (exact) mass is 308 g/mol. The lowest BCUT2D eigenvalue weighted by atomic mass is 10.0. The molecule has 1 aliphatic rings. The second-order valence-corrected chi connectivity index (χ2v) is 6.15. The van der Waals surface area contributed by atoms with Crippen molar-refractivity contribution in [2.45, 2.75) is 26.3 Å². The summed E-state index contributed by atoms with van der Waals surface area (Å²) < 4.78 is 18.3. The van der Waals surface area contributed by atoms with Gasteiger partial charge in [-0.2, -0.15) is 0 Å². The summed E-state index contributed by atoms with van der Waals surface area (Å²) in [5, 5.41) is 2.98. The molecule has 1 atom stereocenters. The van der Waals surface area contributed by atoms with Crippen molar-refractivity contribution in [1.82, 2.24) is 10.2 Å². The van der Waals surface area contributed by atoms with E-state index in [1.807, 2.05) is 0 Å². The smallest absolute Gasteiger partial charge is 0.251 e. The Hall–Kier alpha value is -1.46. The third-order valence-electron chi connectivity index (χ3n) is 3.91. The zero-order valence-corrected chi connectivity index (χ0v) is 13.3. The Morgan fingerprint density at radius 1 is 1.27 bits per heavy atom. The molecule has 1 fully saturated rings. The molecule has 1 N–H and O–H groups in total. The van der Waals surface area contributed by atoms with Gasteiger partial charge in [0.15, 0.2) is 0 Å². The van der Waals surface area contributed by atoms with E-state index in [1.165, 1.54) is 24.3 Å². The number of morpholine rings is 1. The van der Waals surface area contributed by atoms with Crippen LogP contribution in [0.3, 0.4) is 0 Å². The minimum Gasteiger partial charge on any atom is -0.379 e. The molecule has 1 unspecified atom stereocenters. The quantitative estimate of drug-likeness (QED) is 0.877. The molecule has 4 nitrogen and oxygen atoms in total. The van der Waals surface area contributed by atoms with Crippen LogP contribution in [0.2, 0.25) is 0 Å². The van der Waals surface area contributed by atoms with Crippen LogP contribution in [0.1, 0.15) is 30.6 Å². The summed E-state index contributed by atoms with van der Waals surface area (Å²) >= 11 is 0. The van der Waals surface area contributed by atoms with Crippen LogP contribution < -0.4 is 5.32 Å². The van der Waals surface area contributed by atoms with E-state index >= 15 is 0 Å². The number of benzene rings is 1. The predicted octanol–water partition coefficient (Wildman–Crippen LogP) is 2.30. The number of carbonyl (C=O) groups is 1. The molecule has 0 saturated carbocycles. The Kier molecular flexibility index (Phi) is 6.34. The summed E-state index contributed by atoms with van der Waals surface area (Å²) in [6.45, 7) is 8.30. The molecule has 22 heavy (non-hydrogen) atoms. The maximum absolute atomic E-state index is 12.9. The number of rotatable bonds is 6. The van der Waals surface area contributed by atoms with Crippen molar-refractivity contribution in [2.24, 2.45) is 5.92 Å². The van der Waals surface area contributed by atoms with Gasteiger partial charge < -0.3 is 10.1 Å². The molecule has 2 rings (SSSR count). The van der Waals surface area contributed by atoms with E-state index < -0.39 is 0 Å². The summed E-state index contributed by atoms with van der Waals surface area (Å²) in [6.07, 6.45) is 1.03. The van der Waals surface area contributed by atoms with E-state index in [0.29, 0.717) is 24.1 Å². The minimum absolute atomic E-state index is 0.151. The third-order valence-corrected chi connectivity index (χ3v) is 3.91. The maximum Gasteiger partial charge on any atom is 0.251 e. The Balaban J connectivity index is 1.91. The highest BCUT2D eigenvalue weighted by Crippen LogP contribution is 2.13. The maximum atomic E-state index is 12.9. The summed E-state index contributed by atoms with van der Waals surface area (Å²) in [6, 6.07) is 5.95. The standard InChI is InChI=1S/C17H25FN2O2/c1-13(2)11-16(20-7-9-22-10-8-20)12-19-17(21)14-3-5-15(18)6-4-14/h3-6,13,16H,7-12H2,1-2H3,(H,19,21). The van der Waals surface area contributed by atoms with Crippen molar-refractivity contribution in [3.05, 3.63) is 35.6 Å². The molecule has 1 aromatic rings. The number of amides is 1. The lowest BCUT2D eigenvalue weighted by Gasteiger charge is -2.35. The number of nitrogens with one attached hydrogen (secondary N) is 1. The third kappa shape index (κ3) is 5.07. The number of halogens is 1. The van der Waals surface area contributed by atoms with Crippen molar-refractivity contribution < 1.29 is 13.9 Å². The molecule has 0 bridgehead atoms. The largest absolute Gasteiger partial charge is 0.379 e. The fourth-order valence-corrected chi connectivity index (χ4v) is 2.76. The van der Waals surface area contributed by atoms with Crippen LogP contribution >= 0.6 is 0 Å². The van der Waals surface area contributed by atoms with Gasteiger partial charge in [0, 0.05) is 31.2 Å². The molecule has 122 valence electrons. The summed E-state index contributed by atoms with van der Waals surface area (Å²) in [5.74, 6) is 0.0835. The van der Waals surface area contributed by atoms with Gasteiger partial charge in [-0.25, -0.2) is 4.39 Å². The first-order valence-electron chi connectivity index (χ1n) is 7.92. The second-order valence-electron chi connectivity index (χ2n) is 6.15. The minimum atomic E-state index is -0.331. The van der Waals surface area contributed by atoms with E-state index in [-0.39, 0.29) is 11.7 Å². The zero-order valence-electron chi connectivity index (χ0n) is 13.3. The second kappa shape index (κ2) is 8.25. The van der Waals surface area contributed by atoms with Crippen LogP contribution in [0.25, 0.3) is 0 Å². The van der Waals surface area contributed by atoms with Crippen LogP contribution in [0.4, 0.5) is 4.39 Å². The first-order valence-corrected chi connectivity index (χ1v) is 7.92. The molecular weight excluding hydrogens is 283 g/mol. The normalized spacial score (nSPS) is 17.5. The van der Waals surface area contributed by atoms with Crippen LogP contribution in [0.5, 0.6) is 0 Å². The van der Waals surface area contributed by atoms with Gasteiger partial charge >= 0.3 is 0 Å². The highest BCUT2D eigenvalue weighted by molar-refractivity contribution is 5.94. The average molecular weight is 308 g/mol. The van der Waals surface area contributed by atoms with Gasteiger partial charge in [-0.05, 0) is 36.6 Å². The highest BCUT2D eigenvalue weighted by Gasteiger charge is 2.22. The Morgan fingerprint density at radius 3 is 2.50 bits per heavy atom. The van der Waals surface area contributed by atoms with Gasteiger partial charge in [0.05, 0.1) is 13.2 Å². The van der Waals surface area contributed by atoms with Crippen molar-refractivity contribution in [1.29, 1.82) is 0 Å². The Labute approximate surface area is 131 Å². The molecule has 0 aliphatic carbocycles. The SMILES string of the molecule is CC(C)CC(CNC(=O)c1ccc(F)cc1)N1CCOCC1. The van der Waals surface area contributed by atoms with Gasteiger partial charge in [0.25, 0.3) is 5.91 Å². The van der Waals surface area contributed by atoms with Crippen LogP contribution in [-0.4, -0.2) is 49.7 Å². The van der Waals surface area contributed by atoms with Crippen molar-refractivity contribution >= 4 is 5.91 Å². The molecule has 0 radical (unpaired) electrons. The van der Waals surface area contributed by atoms with Crippen LogP contribution in [0, 0.1) is 11.7 Å². The van der Waals surface area contributed by atoms with E-state index in [2.05, 4.69) is 24.1 Å². The number of nitrogens with zero attached hydrogens (tertiary/aromatic N) is 1. The molecule has 1 aliphatic heterocycles. The van der Waals surface area contributed by atoms with Gasteiger partial charge in [-0.15, -0.1) is 0 Å². The molecular formula is C17H25FN2O2. The topological polar surface area (TPSA) is 41.6 Å².